The Morgan fingerprint density at radius 1 is 1.50 bits per heavy atom. The molecule has 0 unspecified atom stereocenters. The maximum absolute atomic E-state index is 10.6. The van der Waals surface area contributed by atoms with Crippen molar-refractivity contribution in [3.05, 3.63) is 0 Å². The van der Waals surface area contributed by atoms with Gasteiger partial charge in [-0.15, -0.1) is 11.8 Å². The first-order valence-corrected chi connectivity index (χ1v) is 4.79. The Kier molecular flexibility index (Phi) is 5.49. The van der Waals surface area contributed by atoms with E-state index in [0.717, 1.165) is 18.2 Å². The van der Waals surface area contributed by atoms with Gasteiger partial charge in [0.25, 0.3) is 0 Å². The molecule has 1 fully saturated rings. The fourth-order valence-corrected chi connectivity index (χ4v) is 1.67. The summed E-state index contributed by atoms with van der Waals surface area (Å²) >= 11 is 1.82. The molecule has 1 saturated heterocycles. The lowest BCUT2D eigenvalue weighted by atomic mass is 10.6. The Labute approximate surface area is 67.0 Å². The first kappa shape index (κ1) is 9.82. The molecule has 0 aromatic heterocycles. The van der Waals surface area contributed by atoms with Gasteiger partial charge in [-0.3, -0.25) is 4.79 Å². The summed E-state index contributed by atoms with van der Waals surface area (Å²) < 4.78 is 0. The van der Waals surface area contributed by atoms with Crippen molar-refractivity contribution in [2.45, 2.75) is 20.8 Å². The fraction of sp³-hybridized carbons (Fsp3) is 0.857. The van der Waals surface area contributed by atoms with Gasteiger partial charge in [-0.05, 0) is 0 Å². The Balaban J connectivity index is 0.000000371. The smallest absolute Gasteiger partial charge is 0.220 e. The summed E-state index contributed by atoms with van der Waals surface area (Å²) in [7, 11) is 0. The minimum atomic E-state index is 0.204. The van der Waals surface area contributed by atoms with Crippen molar-refractivity contribution < 1.29 is 4.79 Å². The minimum Gasteiger partial charge on any atom is -0.333 e. The number of nitrogens with zero attached hydrogens (tertiary/aromatic N) is 1. The van der Waals surface area contributed by atoms with Gasteiger partial charge in [-0.25, -0.2) is 0 Å². The second kappa shape index (κ2) is 5.59. The molecule has 10 heavy (non-hydrogen) atoms. The average Bonchev–Trinajstić information content (AvgIpc) is 2.42. The number of thioether (sulfide) groups is 1. The summed E-state index contributed by atoms with van der Waals surface area (Å²) in [6.07, 6.45) is 0. The normalized spacial score (nSPS) is 16.1. The average molecular weight is 161 g/mol. The van der Waals surface area contributed by atoms with E-state index in [1.165, 1.54) is 0 Å². The van der Waals surface area contributed by atoms with E-state index >= 15 is 0 Å². The molecule has 3 heteroatoms. The lowest BCUT2D eigenvalue weighted by Crippen LogP contribution is -2.24. The molecule has 60 valence electrons. The van der Waals surface area contributed by atoms with Crippen molar-refractivity contribution in [3.8, 4) is 0 Å². The van der Waals surface area contributed by atoms with E-state index < -0.39 is 0 Å². The van der Waals surface area contributed by atoms with Crippen molar-refractivity contribution >= 4 is 17.7 Å². The van der Waals surface area contributed by atoms with E-state index in [1.54, 1.807) is 6.92 Å². The molecule has 2 nitrogen and oxygen atoms in total. The maximum Gasteiger partial charge on any atom is 0.220 e. The van der Waals surface area contributed by atoms with Crippen LogP contribution in [-0.4, -0.2) is 29.0 Å². The summed E-state index contributed by atoms with van der Waals surface area (Å²) in [6, 6.07) is 0. The van der Waals surface area contributed by atoms with Crippen LogP contribution in [0.3, 0.4) is 0 Å². The number of hydrogen-bond donors (Lipinski definition) is 0. The highest BCUT2D eigenvalue weighted by Crippen LogP contribution is 2.12. The van der Waals surface area contributed by atoms with Crippen molar-refractivity contribution in [1.82, 2.24) is 4.90 Å². The molecule has 0 aliphatic carbocycles. The Morgan fingerprint density at radius 2 is 2.10 bits per heavy atom. The van der Waals surface area contributed by atoms with Crippen LogP contribution in [0.5, 0.6) is 0 Å². The van der Waals surface area contributed by atoms with Crippen molar-refractivity contribution in [2.75, 3.05) is 18.2 Å². The predicted octanol–water partition coefficient (Wildman–Crippen LogP) is 1.57. The van der Waals surface area contributed by atoms with Crippen LogP contribution in [0, 0.1) is 0 Å². The van der Waals surface area contributed by atoms with E-state index in [9.17, 15) is 4.79 Å². The SMILES string of the molecule is CC.CC(=O)N1CCSC1. The molecule has 1 amide bonds. The summed E-state index contributed by atoms with van der Waals surface area (Å²) in [5, 5.41) is 0. The number of hydrogen-bond acceptors (Lipinski definition) is 2. The second-order valence-electron chi connectivity index (χ2n) is 1.82. The number of carbonyl (C=O) groups excluding carboxylic acids is 1. The topological polar surface area (TPSA) is 20.3 Å². The van der Waals surface area contributed by atoms with E-state index in [1.807, 2.05) is 30.5 Å². The highest BCUT2D eigenvalue weighted by molar-refractivity contribution is 7.99. The van der Waals surface area contributed by atoms with Crippen molar-refractivity contribution in [1.29, 1.82) is 0 Å². The molecule has 0 bridgehead atoms. The number of carbonyl (C=O) groups is 1. The van der Waals surface area contributed by atoms with Gasteiger partial charge in [0.05, 0.1) is 5.88 Å². The molecule has 1 aliphatic heterocycles. The van der Waals surface area contributed by atoms with Crippen LogP contribution >= 0.6 is 11.8 Å². The Hall–Kier alpha value is -0.180. The van der Waals surface area contributed by atoms with Crippen LogP contribution in [0.2, 0.25) is 0 Å². The predicted molar refractivity (Wildman–Crippen MR) is 46.1 cm³/mol. The summed E-state index contributed by atoms with van der Waals surface area (Å²) in [4.78, 5) is 12.4. The third-order valence-electron chi connectivity index (χ3n) is 1.20. The standard InChI is InChI=1S/C5H9NOS.C2H6/c1-5(7)6-2-3-8-4-6;1-2/h2-4H2,1H3;1-2H3. The Morgan fingerprint density at radius 3 is 2.30 bits per heavy atom. The van der Waals surface area contributed by atoms with Gasteiger partial charge in [0.15, 0.2) is 0 Å². The third-order valence-corrected chi connectivity index (χ3v) is 2.16. The highest BCUT2D eigenvalue weighted by atomic mass is 32.2. The number of rotatable bonds is 0. The molecule has 1 heterocycles. The van der Waals surface area contributed by atoms with Gasteiger partial charge in [-0.2, -0.15) is 0 Å². The molecule has 0 N–H and O–H groups in total. The van der Waals surface area contributed by atoms with Gasteiger partial charge in [0, 0.05) is 19.2 Å². The molecular weight excluding hydrogens is 146 g/mol. The van der Waals surface area contributed by atoms with Gasteiger partial charge in [0.1, 0.15) is 0 Å². The van der Waals surface area contributed by atoms with Gasteiger partial charge in [-0.1, -0.05) is 13.8 Å². The molecule has 0 radical (unpaired) electrons. The second-order valence-corrected chi connectivity index (χ2v) is 2.89. The summed E-state index contributed by atoms with van der Waals surface area (Å²) in [5.41, 5.74) is 0. The zero-order chi connectivity index (χ0) is 7.98. The van der Waals surface area contributed by atoms with Crippen LogP contribution in [0.15, 0.2) is 0 Å². The van der Waals surface area contributed by atoms with Gasteiger partial charge in [0.2, 0.25) is 5.91 Å². The number of amides is 1. The largest absolute Gasteiger partial charge is 0.333 e. The monoisotopic (exact) mass is 161 g/mol. The molecule has 1 rings (SSSR count). The van der Waals surface area contributed by atoms with Crippen molar-refractivity contribution in [2.24, 2.45) is 0 Å². The zero-order valence-electron chi connectivity index (χ0n) is 6.89. The molecule has 0 aromatic rings. The van der Waals surface area contributed by atoms with Crippen LogP contribution < -0.4 is 0 Å². The molecule has 0 atom stereocenters. The molecule has 0 spiro atoms. The lowest BCUT2D eigenvalue weighted by Gasteiger charge is -2.08. The molecule has 0 aromatic carbocycles. The lowest BCUT2D eigenvalue weighted by molar-refractivity contribution is -0.127. The van der Waals surface area contributed by atoms with Gasteiger partial charge >= 0.3 is 0 Å². The van der Waals surface area contributed by atoms with Crippen LogP contribution in [0.25, 0.3) is 0 Å². The van der Waals surface area contributed by atoms with E-state index in [4.69, 9.17) is 0 Å². The fourth-order valence-electron chi connectivity index (χ4n) is 0.662. The first-order chi connectivity index (χ1) is 4.80. The van der Waals surface area contributed by atoms with E-state index in [-0.39, 0.29) is 5.91 Å². The molecular formula is C7H15NOS. The molecule has 1 aliphatic rings. The first-order valence-electron chi connectivity index (χ1n) is 3.64. The summed E-state index contributed by atoms with van der Waals surface area (Å²) in [5.74, 6) is 2.21. The van der Waals surface area contributed by atoms with E-state index in [0.29, 0.717) is 0 Å². The van der Waals surface area contributed by atoms with Crippen LogP contribution in [-0.2, 0) is 4.79 Å². The third kappa shape index (κ3) is 3.11. The van der Waals surface area contributed by atoms with Crippen LogP contribution in [0.4, 0.5) is 0 Å². The van der Waals surface area contributed by atoms with Crippen molar-refractivity contribution in [3.63, 3.8) is 0 Å². The molecule has 0 saturated carbocycles. The van der Waals surface area contributed by atoms with Crippen LogP contribution in [0.1, 0.15) is 20.8 Å². The Bertz CT molecular complexity index is 99.8. The maximum atomic E-state index is 10.6. The quantitative estimate of drug-likeness (QED) is 0.537. The zero-order valence-corrected chi connectivity index (χ0v) is 7.70. The highest BCUT2D eigenvalue weighted by Gasteiger charge is 2.12. The van der Waals surface area contributed by atoms with E-state index in [2.05, 4.69) is 0 Å². The minimum absolute atomic E-state index is 0.204. The summed E-state index contributed by atoms with van der Waals surface area (Å²) in [6.45, 7) is 6.56. The van der Waals surface area contributed by atoms with Gasteiger partial charge < -0.3 is 4.90 Å².